The number of nitrogens with one attached hydrogen (secondary N) is 1. The van der Waals surface area contributed by atoms with Crippen molar-refractivity contribution in [1.82, 2.24) is 10.3 Å². The van der Waals surface area contributed by atoms with Gasteiger partial charge < -0.3 is 0 Å². The van der Waals surface area contributed by atoms with Gasteiger partial charge in [0.05, 0.1) is 24.8 Å². The van der Waals surface area contributed by atoms with Crippen molar-refractivity contribution in [2.45, 2.75) is 12.5 Å². The number of benzene rings is 2. The van der Waals surface area contributed by atoms with Crippen LogP contribution < -0.4 is 5.32 Å². The number of hydrazone groups is 1. The van der Waals surface area contributed by atoms with Crippen molar-refractivity contribution < 1.29 is 4.79 Å². The Morgan fingerprint density at radius 3 is 2.48 bits per heavy atom. The lowest BCUT2D eigenvalue weighted by molar-refractivity contribution is -0.129. The number of thiophene rings is 1. The van der Waals surface area contributed by atoms with Gasteiger partial charge in [-0.25, -0.2) is 5.01 Å². The summed E-state index contributed by atoms with van der Waals surface area (Å²) in [6.07, 6.45) is 0.794. The van der Waals surface area contributed by atoms with E-state index in [0.717, 1.165) is 23.3 Å². The third kappa shape index (κ3) is 4.15. The molecular formula is C22H21N3OS. The van der Waals surface area contributed by atoms with Crippen LogP contribution in [0, 0.1) is 0 Å². The average Bonchev–Trinajstić information content (AvgIpc) is 3.42. The van der Waals surface area contributed by atoms with Gasteiger partial charge in [0, 0.05) is 11.3 Å². The van der Waals surface area contributed by atoms with Crippen molar-refractivity contribution in [3.8, 4) is 0 Å². The summed E-state index contributed by atoms with van der Waals surface area (Å²) >= 11 is 1.69. The molecule has 0 radical (unpaired) electrons. The molecule has 136 valence electrons. The fourth-order valence-electron chi connectivity index (χ4n) is 3.23. The first-order valence-electron chi connectivity index (χ1n) is 9.06. The molecule has 0 saturated heterocycles. The molecule has 1 aromatic heterocycles. The van der Waals surface area contributed by atoms with Crippen LogP contribution in [0.25, 0.3) is 0 Å². The maximum absolute atomic E-state index is 12.7. The monoisotopic (exact) mass is 375 g/mol. The Labute approximate surface area is 163 Å². The number of carbonyl (C=O) groups excluding carboxylic acids is 1. The molecule has 3 aromatic rings. The van der Waals surface area contributed by atoms with Gasteiger partial charge in [0.1, 0.15) is 0 Å². The normalized spacial score (nSPS) is 14.8. The van der Waals surface area contributed by atoms with E-state index in [2.05, 4.69) is 34.0 Å². The van der Waals surface area contributed by atoms with Crippen molar-refractivity contribution in [1.29, 1.82) is 0 Å². The summed E-state index contributed by atoms with van der Waals surface area (Å²) in [4.78, 5) is 13.9. The van der Waals surface area contributed by atoms with Crippen LogP contribution in [0.3, 0.4) is 0 Å². The minimum Gasteiger partial charge on any atom is -0.297 e. The van der Waals surface area contributed by atoms with Gasteiger partial charge in [-0.3, -0.25) is 10.1 Å². The average molecular weight is 375 g/mol. The second-order valence-corrected chi connectivity index (χ2v) is 7.40. The number of hydrogen-bond donors (Lipinski definition) is 1. The van der Waals surface area contributed by atoms with Gasteiger partial charge in [-0.15, -0.1) is 11.3 Å². The molecule has 4 nitrogen and oxygen atoms in total. The highest BCUT2D eigenvalue weighted by Gasteiger charge is 2.23. The summed E-state index contributed by atoms with van der Waals surface area (Å²) in [6, 6.07) is 24.4. The maximum atomic E-state index is 12.7. The number of hydrogen-bond acceptors (Lipinski definition) is 4. The van der Waals surface area contributed by atoms with Gasteiger partial charge in [0.2, 0.25) is 0 Å². The fraction of sp³-hybridized carbons (Fsp3) is 0.182. The first-order chi connectivity index (χ1) is 13.3. The summed E-state index contributed by atoms with van der Waals surface area (Å²) in [7, 11) is 0. The predicted molar refractivity (Wildman–Crippen MR) is 110 cm³/mol. The fourth-order valence-corrected chi connectivity index (χ4v) is 4.06. The lowest BCUT2D eigenvalue weighted by Crippen LogP contribution is -2.35. The summed E-state index contributed by atoms with van der Waals surface area (Å²) in [5, 5.41) is 11.6. The first kappa shape index (κ1) is 17.6. The van der Waals surface area contributed by atoms with Gasteiger partial charge in [-0.05, 0) is 22.6 Å². The number of amides is 1. The molecule has 0 fully saturated rings. The summed E-state index contributed by atoms with van der Waals surface area (Å²) in [6.45, 7) is 0.892. The summed E-state index contributed by atoms with van der Waals surface area (Å²) < 4.78 is 0. The number of carbonyl (C=O) groups is 1. The molecule has 1 aliphatic rings. The molecule has 1 N–H and O–H groups in total. The third-order valence-corrected chi connectivity index (χ3v) is 5.55. The SMILES string of the molecule is O=C(CN[C@@H](c1ccccc1)c1cccs1)N1CCC(c2ccccc2)=N1. The van der Waals surface area contributed by atoms with E-state index in [1.807, 2.05) is 54.6 Å². The lowest BCUT2D eigenvalue weighted by Gasteiger charge is -2.19. The second kappa shape index (κ2) is 8.29. The van der Waals surface area contributed by atoms with Crippen LogP contribution in [0.15, 0.2) is 83.3 Å². The molecule has 1 atom stereocenters. The molecular weight excluding hydrogens is 354 g/mol. The van der Waals surface area contributed by atoms with E-state index in [4.69, 9.17) is 0 Å². The molecule has 1 amide bonds. The van der Waals surface area contributed by atoms with Crippen molar-refractivity contribution in [3.63, 3.8) is 0 Å². The molecule has 2 aromatic carbocycles. The number of rotatable bonds is 6. The van der Waals surface area contributed by atoms with Crippen molar-refractivity contribution >= 4 is 23.0 Å². The second-order valence-electron chi connectivity index (χ2n) is 6.42. The maximum Gasteiger partial charge on any atom is 0.256 e. The predicted octanol–water partition coefficient (Wildman–Crippen LogP) is 4.06. The Hall–Kier alpha value is -2.76. The smallest absolute Gasteiger partial charge is 0.256 e. The summed E-state index contributed by atoms with van der Waals surface area (Å²) in [5.74, 6) is -0.00146. The molecule has 0 bridgehead atoms. The first-order valence-corrected chi connectivity index (χ1v) is 9.94. The highest BCUT2D eigenvalue weighted by atomic mass is 32.1. The Balaban J connectivity index is 1.44. The molecule has 0 aliphatic carbocycles. The standard InChI is InChI=1S/C22H21N3OS/c26-21(25-14-13-19(24-25)17-8-3-1-4-9-17)16-23-22(20-12-7-15-27-20)18-10-5-2-6-11-18/h1-12,15,22-23H,13-14,16H2/t22-/m0/s1. The van der Waals surface area contributed by atoms with Crippen molar-refractivity contribution in [3.05, 3.63) is 94.2 Å². The third-order valence-electron chi connectivity index (χ3n) is 4.61. The van der Waals surface area contributed by atoms with Gasteiger partial charge in [0.25, 0.3) is 5.91 Å². The van der Waals surface area contributed by atoms with Crippen LogP contribution in [0.1, 0.15) is 28.5 Å². The molecule has 0 unspecified atom stereocenters. The van der Waals surface area contributed by atoms with E-state index >= 15 is 0 Å². The summed E-state index contributed by atoms with van der Waals surface area (Å²) in [5.41, 5.74) is 3.21. The van der Waals surface area contributed by atoms with Crippen LogP contribution in [0.5, 0.6) is 0 Å². The molecule has 4 rings (SSSR count). The van der Waals surface area contributed by atoms with Gasteiger partial charge in [-0.2, -0.15) is 5.10 Å². The largest absolute Gasteiger partial charge is 0.297 e. The Bertz CT molecular complexity index is 907. The number of nitrogens with zero attached hydrogens (tertiary/aromatic N) is 2. The zero-order valence-electron chi connectivity index (χ0n) is 14.9. The zero-order valence-corrected chi connectivity index (χ0v) is 15.7. The highest BCUT2D eigenvalue weighted by molar-refractivity contribution is 7.10. The van der Waals surface area contributed by atoms with E-state index in [-0.39, 0.29) is 18.5 Å². The van der Waals surface area contributed by atoms with E-state index < -0.39 is 0 Å². The van der Waals surface area contributed by atoms with Gasteiger partial charge >= 0.3 is 0 Å². The molecule has 0 saturated carbocycles. The quantitative estimate of drug-likeness (QED) is 0.706. The Morgan fingerprint density at radius 1 is 1.04 bits per heavy atom. The molecule has 2 heterocycles. The van der Waals surface area contributed by atoms with Crippen LogP contribution in [0.2, 0.25) is 0 Å². The minimum atomic E-state index is -0.00146. The highest BCUT2D eigenvalue weighted by Crippen LogP contribution is 2.25. The van der Waals surface area contributed by atoms with E-state index in [1.165, 1.54) is 4.88 Å². The van der Waals surface area contributed by atoms with Crippen LogP contribution in [0.4, 0.5) is 0 Å². The molecule has 1 aliphatic heterocycles. The van der Waals surface area contributed by atoms with Crippen molar-refractivity contribution in [2.24, 2.45) is 5.10 Å². The Morgan fingerprint density at radius 2 is 1.78 bits per heavy atom. The molecule has 0 spiro atoms. The Kier molecular flexibility index (Phi) is 5.42. The van der Waals surface area contributed by atoms with E-state index in [1.54, 1.807) is 16.3 Å². The van der Waals surface area contributed by atoms with Gasteiger partial charge in [0.15, 0.2) is 0 Å². The molecule has 27 heavy (non-hydrogen) atoms. The van der Waals surface area contributed by atoms with Gasteiger partial charge in [-0.1, -0.05) is 66.7 Å². The van der Waals surface area contributed by atoms with E-state index in [9.17, 15) is 4.79 Å². The van der Waals surface area contributed by atoms with Crippen LogP contribution >= 0.6 is 11.3 Å². The molecule has 5 heteroatoms. The van der Waals surface area contributed by atoms with Crippen molar-refractivity contribution in [2.75, 3.05) is 13.1 Å². The lowest BCUT2D eigenvalue weighted by atomic mass is 10.1. The zero-order chi connectivity index (χ0) is 18.5. The van der Waals surface area contributed by atoms with Crippen LogP contribution in [-0.4, -0.2) is 29.7 Å². The van der Waals surface area contributed by atoms with E-state index in [0.29, 0.717) is 6.54 Å². The minimum absolute atomic E-state index is 0.00146. The van der Waals surface area contributed by atoms with Crippen LogP contribution in [-0.2, 0) is 4.79 Å². The topological polar surface area (TPSA) is 44.7 Å².